The molecular weight excluding hydrogens is 372 g/mol. The molecule has 6 heteroatoms. The van der Waals surface area contributed by atoms with Crippen LogP contribution in [0.4, 0.5) is 8.78 Å². The van der Waals surface area contributed by atoms with Gasteiger partial charge in [0.25, 0.3) is 0 Å². The van der Waals surface area contributed by atoms with E-state index in [9.17, 15) is 13.9 Å². The highest BCUT2D eigenvalue weighted by Crippen LogP contribution is 2.30. The van der Waals surface area contributed by atoms with Crippen LogP contribution in [-0.2, 0) is 6.54 Å². The van der Waals surface area contributed by atoms with Gasteiger partial charge in [-0.1, -0.05) is 12.1 Å². The summed E-state index contributed by atoms with van der Waals surface area (Å²) < 4.78 is 31.0. The summed E-state index contributed by atoms with van der Waals surface area (Å²) in [6, 6.07) is 13.5. The summed E-state index contributed by atoms with van der Waals surface area (Å²) in [5.41, 5.74) is 1.61. The average Bonchev–Trinajstić information content (AvgIpc) is 3.06. The predicted octanol–water partition coefficient (Wildman–Crippen LogP) is 5.28. The Balaban J connectivity index is 1.54. The number of aromatic nitrogens is 3. The van der Waals surface area contributed by atoms with Crippen LogP contribution in [0.15, 0.2) is 73.3 Å². The molecule has 0 radical (unpaired) electrons. The van der Waals surface area contributed by atoms with Gasteiger partial charge in [0.1, 0.15) is 11.6 Å². The van der Waals surface area contributed by atoms with Crippen LogP contribution in [-0.4, -0.2) is 19.6 Å². The van der Waals surface area contributed by atoms with Crippen molar-refractivity contribution in [3.8, 4) is 17.0 Å². The molecule has 0 saturated heterocycles. The third kappa shape index (κ3) is 2.99. The lowest BCUT2D eigenvalue weighted by Crippen LogP contribution is -2.04. The molecule has 3 aromatic heterocycles. The van der Waals surface area contributed by atoms with E-state index >= 15 is 0 Å². The molecule has 0 fully saturated rings. The molecule has 0 saturated carbocycles. The van der Waals surface area contributed by atoms with Gasteiger partial charge in [-0.25, -0.2) is 8.78 Å². The van der Waals surface area contributed by atoms with Crippen molar-refractivity contribution in [1.29, 1.82) is 0 Å². The van der Waals surface area contributed by atoms with Gasteiger partial charge in [-0.05, 0) is 52.9 Å². The molecule has 5 aromatic rings. The topological polar surface area (TPSA) is 50.9 Å². The standard InChI is InChI=1S/C23H15F2N3O/c24-20-9-17(14-3-4-16-11-26-7-5-15(16)8-14)10-21(25)19(20)12-28-13-22-18(23(28)29)2-1-6-27-22/h1-11,13,29H,12H2. The SMILES string of the molecule is Oc1c2cccnc2cn1Cc1c(F)cc(-c2ccc3cnccc3c2)cc1F. The minimum Gasteiger partial charge on any atom is -0.494 e. The van der Waals surface area contributed by atoms with Crippen LogP contribution in [0.2, 0.25) is 0 Å². The molecule has 4 nitrogen and oxygen atoms in total. The van der Waals surface area contributed by atoms with Gasteiger partial charge in [0.2, 0.25) is 5.88 Å². The van der Waals surface area contributed by atoms with E-state index in [0.717, 1.165) is 10.8 Å². The molecule has 0 atom stereocenters. The number of rotatable bonds is 3. The number of hydrogen-bond donors (Lipinski definition) is 1. The molecule has 5 rings (SSSR count). The number of benzene rings is 2. The minimum atomic E-state index is -0.667. The van der Waals surface area contributed by atoms with Crippen molar-refractivity contribution in [2.24, 2.45) is 0 Å². The molecule has 3 heterocycles. The van der Waals surface area contributed by atoms with Crippen LogP contribution in [0.5, 0.6) is 5.88 Å². The van der Waals surface area contributed by atoms with E-state index in [-0.39, 0.29) is 18.0 Å². The monoisotopic (exact) mass is 387 g/mol. The van der Waals surface area contributed by atoms with Gasteiger partial charge in [0.05, 0.1) is 17.4 Å². The van der Waals surface area contributed by atoms with Crippen molar-refractivity contribution in [2.75, 3.05) is 0 Å². The zero-order valence-corrected chi connectivity index (χ0v) is 15.2. The Morgan fingerprint density at radius 1 is 0.897 bits per heavy atom. The Morgan fingerprint density at radius 2 is 1.72 bits per heavy atom. The number of nitrogens with zero attached hydrogens (tertiary/aromatic N) is 3. The van der Waals surface area contributed by atoms with E-state index in [1.54, 1.807) is 36.9 Å². The van der Waals surface area contributed by atoms with Crippen LogP contribution in [0.25, 0.3) is 32.8 Å². The van der Waals surface area contributed by atoms with Crippen molar-refractivity contribution >= 4 is 21.7 Å². The maximum Gasteiger partial charge on any atom is 0.201 e. The van der Waals surface area contributed by atoms with Crippen LogP contribution in [0.1, 0.15) is 5.56 Å². The molecule has 142 valence electrons. The summed E-state index contributed by atoms with van der Waals surface area (Å²) in [4.78, 5) is 8.23. The van der Waals surface area contributed by atoms with E-state index in [0.29, 0.717) is 22.0 Å². The second-order valence-corrected chi connectivity index (χ2v) is 6.87. The fourth-order valence-electron chi connectivity index (χ4n) is 3.55. The summed E-state index contributed by atoms with van der Waals surface area (Å²) in [6.45, 7) is -0.135. The summed E-state index contributed by atoms with van der Waals surface area (Å²) in [6.07, 6.45) is 6.60. The number of halogens is 2. The van der Waals surface area contributed by atoms with Crippen molar-refractivity contribution in [3.63, 3.8) is 0 Å². The highest BCUT2D eigenvalue weighted by atomic mass is 19.1. The third-order valence-electron chi connectivity index (χ3n) is 5.07. The van der Waals surface area contributed by atoms with Crippen molar-refractivity contribution in [3.05, 3.63) is 90.5 Å². The summed E-state index contributed by atoms with van der Waals surface area (Å²) in [5, 5.41) is 12.8. The lowest BCUT2D eigenvalue weighted by atomic mass is 10.0. The van der Waals surface area contributed by atoms with Gasteiger partial charge < -0.3 is 9.67 Å². The first-order valence-corrected chi connectivity index (χ1v) is 9.05. The maximum absolute atomic E-state index is 14.8. The largest absolute Gasteiger partial charge is 0.494 e. The van der Waals surface area contributed by atoms with Crippen LogP contribution < -0.4 is 0 Å². The molecule has 0 spiro atoms. The maximum atomic E-state index is 14.8. The van der Waals surface area contributed by atoms with Gasteiger partial charge in [0.15, 0.2) is 0 Å². The Morgan fingerprint density at radius 3 is 2.52 bits per heavy atom. The van der Waals surface area contributed by atoms with E-state index < -0.39 is 11.6 Å². The highest BCUT2D eigenvalue weighted by molar-refractivity contribution is 5.86. The molecule has 0 aliphatic heterocycles. The quantitative estimate of drug-likeness (QED) is 0.458. The predicted molar refractivity (Wildman–Crippen MR) is 108 cm³/mol. The lowest BCUT2D eigenvalue weighted by molar-refractivity contribution is 0.425. The van der Waals surface area contributed by atoms with Crippen molar-refractivity contribution in [2.45, 2.75) is 6.54 Å². The molecule has 0 aliphatic carbocycles. The second-order valence-electron chi connectivity index (χ2n) is 6.87. The van der Waals surface area contributed by atoms with Crippen molar-refractivity contribution in [1.82, 2.24) is 14.5 Å². The Kier molecular flexibility index (Phi) is 3.98. The number of aromatic hydroxyl groups is 1. The summed E-state index contributed by atoms with van der Waals surface area (Å²) in [5.74, 6) is -1.40. The highest BCUT2D eigenvalue weighted by Gasteiger charge is 2.16. The first-order valence-electron chi connectivity index (χ1n) is 9.05. The van der Waals surface area contributed by atoms with E-state index in [1.165, 1.54) is 16.7 Å². The molecule has 29 heavy (non-hydrogen) atoms. The lowest BCUT2D eigenvalue weighted by Gasteiger charge is -2.11. The third-order valence-corrected chi connectivity index (χ3v) is 5.07. The van der Waals surface area contributed by atoms with Crippen LogP contribution >= 0.6 is 0 Å². The molecule has 1 N–H and O–H groups in total. The molecule has 0 unspecified atom stereocenters. The Labute approximate surface area is 164 Å². The molecular formula is C23H15F2N3O. The first-order chi connectivity index (χ1) is 14.1. The molecule has 0 amide bonds. The van der Waals surface area contributed by atoms with Gasteiger partial charge in [-0.3, -0.25) is 9.97 Å². The Bertz CT molecular complexity index is 1350. The Hall–Kier alpha value is -3.80. The van der Waals surface area contributed by atoms with E-state index in [1.807, 2.05) is 24.3 Å². The summed E-state index contributed by atoms with van der Waals surface area (Å²) in [7, 11) is 0. The first kappa shape index (κ1) is 17.3. The van der Waals surface area contributed by atoms with Gasteiger partial charge in [-0.15, -0.1) is 0 Å². The number of fused-ring (bicyclic) bond motifs is 2. The average molecular weight is 387 g/mol. The van der Waals surface area contributed by atoms with Gasteiger partial charge >= 0.3 is 0 Å². The molecule has 2 aromatic carbocycles. The smallest absolute Gasteiger partial charge is 0.201 e. The zero-order valence-electron chi connectivity index (χ0n) is 15.2. The fraction of sp³-hybridized carbons (Fsp3) is 0.0435. The fourth-order valence-corrected chi connectivity index (χ4v) is 3.55. The second kappa shape index (κ2) is 6.67. The van der Waals surface area contributed by atoms with Gasteiger partial charge in [-0.2, -0.15) is 0 Å². The number of pyridine rings is 2. The normalized spacial score (nSPS) is 11.4. The van der Waals surface area contributed by atoms with Crippen LogP contribution in [0, 0.1) is 11.6 Å². The number of hydrogen-bond acceptors (Lipinski definition) is 3. The van der Waals surface area contributed by atoms with E-state index in [2.05, 4.69) is 9.97 Å². The van der Waals surface area contributed by atoms with E-state index in [4.69, 9.17) is 0 Å². The minimum absolute atomic E-state index is 0.0703. The zero-order chi connectivity index (χ0) is 20.0. The van der Waals surface area contributed by atoms with Crippen molar-refractivity contribution < 1.29 is 13.9 Å². The molecule has 0 aliphatic rings. The van der Waals surface area contributed by atoms with Crippen LogP contribution in [0.3, 0.4) is 0 Å². The molecule has 0 bridgehead atoms. The summed E-state index contributed by atoms with van der Waals surface area (Å²) >= 11 is 0. The van der Waals surface area contributed by atoms with Gasteiger partial charge in [0, 0.05) is 35.7 Å².